The summed E-state index contributed by atoms with van der Waals surface area (Å²) in [4.78, 5) is 0. The molecule has 0 fully saturated rings. The fourth-order valence-electron chi connectivity index (χ4n) is 2.04. The predicted octanol–water partition coefficient (Wildman–Crippen LogP) is 3.40. The van der Waals surface area contributed by atoms with E-state index in [1.165, 1.54) is 31.7 Å². The van der Waals surface area contributed by atoms with Crippen molar-refractivity contribution < 1.29 is 10.2 Å². The van der Waals surface area contributed by atoms with Gasteiger partial charge in [-0.1, -0.05) is 39.2 Å². The van der Waals surface area contributed by atoms with Crippen LogP contribution in [0.4, 0.5) is 0 Å². The molecular formula is C15H25NO2. The van der Waals surface area contributed by atoms with Gasteiger partial charge >= 0.3 is 0 Å². The summed E-state index contributed by atoms with van der Waals surface area (Å²) in [5, 5.41) is 22.0. The lowest BCUT2D eigenvalue weighted by Crippen LogP contribution is -2.22. The Morgan fingerprint density at radius 2 is 1.94 bits per heavy atom. The summed E-state index contributed by atoms with van der Waals surface area (Å²) in [5.74, 6) is 0.621. The molecule has 1 aromatic carbocycles. The molecule has 3 N–H and O–H groups in total. The number of phenolic OH excluding ortho intramolecular Hbond substituents is 2. The molecule has 0 aliphatic carbocycles. The molecule has 0 aromatic heterocycles. The van der Waals surface area contributed by atoms with Crippen molar-refractivity contribution in [1.29, 1.82) is 0 Å². The Balaban J connectivity index is 2.33. The molecule has 1 unspecified atom stereocenters. The van der Waals surface area contributed by atoms with Gasteiger partial charge in [0, 0.05) is 6.54 Å². The van der Waals surface area contributed by atoms with Crippen LogP contribution in [0, 0.1) is 5.92 Å². The largest absolute Gasteiger partial charge is 0.504 e. The molecule has 18 heavy (non-hydrogen) atoms. The van der Waals surface area contributed by atoms with E-state index >= 15 is 0 Å². The van der Waals surface area contributed by atoms with Gasteiger partial charge in [0.15, 0.2) is 11.5 Å². The first-order valence-corrected chi connectivity index (χ1v) is 6.88. The normalized spacial score (nSPS) is 12.6. The molecule has 0 aliphatic heterocycles. The Morgan fingerprint density at radius 3 is 2.56 bits per heavy atom. The van der Waals surface area contributed by atoms with Crippen LogP contribution in [0.25, 0.3) is 0 Å². The van der Waals surface area contributed by atoms with Gasteiger partial charge in [0.1, 0.15) is 0 Å². The average molecular weight is 251 g/mol. The molecule has 0 spiro atoms. The number of rotatable bonds is 8. The van der Waals surface area contributed by atoms with Crippen molar-refractivity contribution >= 4 is 0 Å². The molecule has 0 radical (unpaired) electrons. The highest BCUT2D eigenvalue weighted by atomic mass is 16.3. The molecule has 0 saturated heterocycles. The Labute approximate surface area is 110 Å². The zero-order valence-corrected chi connectivity index (χ0v) is 11.4. The van der Waals surface area contributed by atoms with Crippen molar-refractivity contribution in [2.24, 2.45) is 5.92 Å². The smallest absolute Gasteiger partial charge is 0.157 e. The standard InChI is InChI=1S/C15H25NO2/c1-3-5-6-12(4-2)10-16-11-13-7-8-14(17)15(18)9-13/h7-9,12,16-18H,3-6,10-11H2,1-2H3. The highest BCUT2D eigenvalue weighted by Gasteiger charge is 2.05. The zero-order valence-electron chi connectivity index (χ0n) is 11.4. The maximum Gasteiger partial charge on any atom is 0.157 e. The second-order valence-corrected chi connectivity index (χ2v) is 4.87. The van der Waals surface area contributed by atoms with Gasteiger partial charge in [0.05, 0.1) is 0 Å². The van der Waals surface area contributed by atoms with E-state index in [2.05, 4.69) is 19.2 Å². The van der Waals surface area contributed by atoms with Crippen molar-refractivity contribution in [3.05, 3.63) is 23.8 Å². The molecule has 1 rings (SSSR count). The van der Waals surface area contributed by atoms with Crippen LogP contribution in [-0.4, -0.2) is 16.8 Å². The highest BCUT2D eigenvalue weighted by molar-refractivity contribution is 5.40. The monoisotopic (exact) mass is 251 g/mol. The van der Waals surface area contributed by atoms with E-state index in [-0.39, 0.29) is 11.5 Å². The number of benzene rings is 1. The van der Waals surface area contributed by atoms with Crippen molar-refractivity contribution in [3.63, 3.8) is 0 Å². The number of hydrogen-bond acceptors (Lipinski definition) is 3. The second kappa shape index (κ2) is 7.98. The molecule has 0 amide bonds. The number of aromatic hydroxyl groups is 2. The van der Waals surface area contributed by atoms with Gasteiger partial charge in [-0.15, -0.1) is 0 Å². The van der Waals surface area contributed by atoms with E-state index in [0.29, 0.717) is 0 Å². The summed E-state index contributed by atoms with van der Waals surface area (Å²) >= 11 is 0. The van der Waals surface area contributed by atoms with E-state index < -0.39 is 0 Å². The van der Waals surface area contributed by atoms with Crippen LogP contribution < -0.4 is 5.32 Å². The first kappa shape index (κ1) is 14.8. The van der Waals surface area contributed by atoms with Crippen molar-refractivity contribution in [2.45, 2.75) is 46.1 Å². The lowest BCUT2D eigenvalue weighted by Gasteiger charge is -2.15. The van der Waals surface area contributed by atoms with Gasteiger partial charge in [-0.2, -0.15) is 0 Å². The maximum atomic E-state index is 9.39. The van der Waals surface area contributed by atoms with Crippen LogP contribution in [0.15, 0.2) is 18.2 Å². The van der Waals surface area contributed by atoms with Crippen LogP contribution in [0.1, 0.15) is 45.1 Å². The summed E-state index contributed by atoms with van der Waals surface area (Å²) in [6.45, 7) is 6.20. The highest BCUT2D eigenvalue weighted by Crippen LogP contribution is 2.24. The first-order chi connectivity index (χ1) is 8.67. The lowest BCUT2D eigenvalue weighted by molar-refractivity contribution is 0.401. The summed E-state index contributed by atoms with van der Waals surface area (Å²) in [5.41, 5.74) is 0.996. The summed E-state index contributed by atoms with van der Waals surface area (Å²) < 4.78 is 0. The topological polar surface area (TPSA) is 52.5 Å². The van der Waals surface area contributed by atoms with Gasteiger partial charge in [0.2, 0.25) is 0 Å². The predicted molar refractivity (Wildman–Crippen MR) is 74.8 cm³/mol. The zero-order chi connectivity index (χ0) is 13.4. The fraction of sp³-hybridized carbons (Fsp3) is 0.600. The minimum atomic E-state index is -0.0619. The molecule has 0 heterocycles. The van der Waals surface area contributed by atoms with Crippen LogP contribution in [0.3, 0.4) is 0 Å². The quantitative estimate of drug-likeness (QED) is 0.621. The van der Waals surface area contributed by atoms with Gasteiger partial charge in [-0.25, -0.2) is 0 Å². The van der Waals surface area contributed by atoms with Crippen molar-refractivity contribution in [1.82, 2.24) is 5.32 Å². The number of hydrogen-bond donors (Lipinski definition) is 3. The Morgan fingerprint density at radius 1 is 1.17 bits per heavy atom. The van der Waals surface area contributed by atoms with Gasteiger partial charge in [0.25, 0.3) is 0 Å². The minimum Gasteiger partial charge on any atom is -0.504 e. The van der Waals surface area contributed by atoms with Crippen LogP contribution in [-0.2, 0) is 6.54 Å². The Hall–Kier alpha value is -1.22. The van der Waals surface area contributed by atoms with Crippen LogP contribution >= 0.6 is 0 Å². The molecular weight excluding hydrogens is 226 g/mol. The number of unbranched alkanes of at least 4 members (excludes halogenated alkanes) is 1. The molecule has 1 atom stereocenters. The van der Waals surface area contributed by atoms with E-state index in [0.717, 1.165) is 24.6 Å². The summed E-state index contributed by atoms with van der Waals surface area (Å²) in [6, 6.07) is 4.96. The third-order valence-corrected chi connectivity index (χ3v) is 3.35. The summed E-state index contributed by atoms with van der Waals surface area (Å²) in [6.07, 6.45) is 5.02. The van der Waals surface area contributed by atoms with Gasteiger partial charge in [-0.3, -0.25) is 0 Å². The molecule has 3 heteroatoms. The van der Waals surface area contributed by atoms with Crippen molar-refractivity contribution in [2.75, 3.05) is 6.54 Å². The summed E-state index contributed by atoms with van der Waals surface area (Å²) in [7, 11) is 0. The van der Waals surface area contributed by atoms with E-state index in [9.17, 15) is 10.2 Å². The van der Waals surface area contributed by atoms with Crippen LogP contribution in [0.5, 0.6) is 11.5 Å². The lowest BCUT2D eigenvalue weighted by atomic mass is 9.99. The first-order valence-electron chi connectivity index (χ1n) is 6.88. The molecule has 1 aromatic rings. The second-order valence-electron chi connectivity index (χ2n) is 4.87. The number of phenols is 2. The van der Waals surface area contributed by atoms with E-state index in [4.69, 9.17) is 0 Å². The molecule has 102 valence electrons. The molecule has 3 nitrogen and oxygen atoms in total. The number of nitrogens with one attached hydrogen (secondary N) is 1. The van der Waals surface area contributed by atoms with Gasteiger partial charge < -0.3 is 15.5 Å². The minimum absolute atomic E-state index is 0.0488. The molecule has 0 saturated carbocycles. The maximum absolute atomic E-state index is 9.39. The third-order valence-electron chi connectivity index (χ3n) is 3.35. The van der Waals surface area contributed by atoms with Crippen molar-refractivity contribution in [3.8, 4) is 11.5 Å². The third kappa shape index (κ3) is 4.96. The Kier molecular flexibility index (Phi) is 6.58. The molecule has 0 bridgehead atoms. The van der Waals surface area contributed by atoms with Crippen LogP contribution in [0.2, 0.25) is 0 Å². The fourth-order valence-corrected chi connectivity index (χ4v) is 2.04. The SMILES string of the molecule is CCCCC(CC)CNCc1ccc(O)c(O)c1. The average Bonchev–Trinajstić information content (AvgIpc) is 2.37. The molecule has 0 aliphatic rings. The van der Waals surface area contributed by atoms with Gasteiger partial charge in [-0.05, 0) is 36.6 Å². The Bertz CT molecular complexity index is 352. The van der Waals surface area contributed by atoms with E-state index in [1.807, 2.05) is 6.07 Å². The van der Waals surface area contributed by atoms with E-state index in [1.54, 1.807) is 6.07 Å².